The molecule has 3 nitrogen and oxygen atoms in total. The molecule has 0 aliphatic heterocycles. The summed E-state index contributed by atoms with van der Waals surface area (Å²) in [5.41, 5.74) is 26.5. The van der Waals surface area contributed by atoms with Crippen molar-refractivity contribution in [1.29, 1.82) is 0 Å². The van der Waals surface area contributed by atoms with Crippen LogP contribution in [-0.2, 0) is 19.3 Å². The summed E-state index contributed by atoms with van der Waals surface area (Å²) in [6.07, 6.45) is 14.0. The molecule has 0 bridgehead atoms. The van der Waals surface area contributed by atoms with E-state index in [-0.39, 0.29) is 7.43 Å². The molecule has 6 rings (SSSR count). The van der Waals surface area contributed by atoms with Gasteiger partial charge in [-0.05, 0) is 164 Å². The van der Waals surface area contributed by atoms with Crippen LogP contribution >= 0.6 is 0 Å². The molecule has 79 heavy (non-hydrogen) atoms. The van der Waals surface area contributed by atoms with Crippen molar-refractivity contribution in [2.24, 2.45) is 52.7 Å². The molecule has 0 aliphatic rings. The van der Waals surface area contributed by atoms with Gasteiger partial charge in [-0.15, -0.1) is 0 Å². The van der Waals surface area contributed by atoms with Gasteiger partial charge in [0.05, 0.1) is 0 Å². The summed E-state index contributed by atoms with van der Waals surface area (Å²) in [6.45, 7) is 33.9. The van der Waals surface area contributed by atoms with Crippen LogP contribution in [0.15, 0.2) is 182 Å². The first kappa shape index (κ1) is 74.2. The van der Waals surface area contributed by atoms with Gasteiger partial charge in [-0.3, -0.25) is 0 Å². The minimum absolute atomic E-state index is 0. The third-order valence-corrected chi connectivity index (χ3v) is 13.9. The maximum Gasteiger partial charge on any atom is 0.00817 e. The van der Waals surface area contributed by atoms with Crippen LogP contribution in [0, 0.1) is 35.5 Å². The van der Waals surface area contributed by atoms with Crippen LogP contribution < -0.4 is 17.2 Å². The molecule has 6 N–H and O–H groups in total. The van der Waals surface area contributed by atoms with Crippen LogP contribution in [0.4, 0.5) is 0 Å². The molecule has 3 heteroatoms. The Morgan fingerprint density at radius 3 is 0.570 bits per heavy atom. The van der Waals surface area contributed by atoms with E-state index >= 15 is 0 Å². The van der Waals surface area contributed by atoms with E-state index in [1.165, 1.54) is 71.9 Å². The smallest absolute Gasteiger partial charge is 0.00817 e. The van der Waals surface area contributed by atoms with E-state index in [0.29, 0.717) is 35.9 Å². The van der Waals surface area contributed by atoms with Crippen molar-refractivity contribution < 1.29 is 0 Å². The van der Waals surface area contributed by atoms with Crippen LogP contribution in [0.2, 0.25) is 0 Å². The Hall–Kier alpha value is -4.80. The molecule has 0 amide bonds. The Labute approximate surface area is 489 Å². The molecule has 0 spiro atoms. The quantitative estimate of drug-likeness (QED) is 0.0565. The molecule has 440 valence electrons. The van der Waals surface area contributed by atoms with Gasteiger partial charge in [0.15, 0.2) is 0 Å². The fraction of sp³-hybridized carbons (Fsp3) is 0.526. The number of hydrogen-bond acceptors (Lipinski definition) is 3. The van der Waals surface area contributed by atoms with Gasteiger partial charge in [0.2, 0.25) is 0 Å². The molecular formula is C76H121N3. The molecule has 0 saturated carbocycles. The zero-order valence-electron chi connectivity index (χ0n) is 52.5. The zero-order valence-corrected chi connectivity index (χ0v) is 52.5. The van der Waals surface area contributed by atoms with Crippen molar-refractivity contribution in [3.8, 4) is 0 Å². The first-order valence-corrected chi connectivity index (χ1v) is 30.8. The highest BCUT2D eigenvalue weighted by Gasteiger charge is 2.13. The fourth-order valence-electron chi connectivity index (χ4n) is 10.3. The van der Waals surface area contributed by atoms with Gasteiger partial charge in [-0.2, -0.15) is 0 Å². The summed E-state index contributed by atoms with van der Waals surface area (Å²) >= 11 is 0. The number of rotatable bonds is 24. The normalized spacial score (nSPS) is 13.1. The minimum Gasteiger partial charge on any atom is -0.327 e. The lowest BCUT2D eigenvalue weighted by Crippen LogP contribution is -2.24. The maximum absolute atomic E-state index is 6.01. The molecule has 0 aliphatic carbocycles. The maximum atomic E-state index is 6.01. The van der Waals surface area contributed by atoms with Crippen LogP contribution in [0.5, 0.6) is 0 Å². The van der Waals surface area contributed by atoms with E-state index < -0.39 is 0 Å². The van der Waals surface area contributed by atoms with Crippen molar-refractivity contribution in [3.05, 3.63) is 215 Å². The van der Waals surface area contributed by atoms with E-state index in [4.69, 9.17) is 17.2 Å². The molecule has 1 unspecified atom stereocenters. The second kappa shape index (κ2) is 45.9. The van der Waals surface area contributed by atoms with E-state index in [2.05, 4.69) is 268 Å². The van der Waals surface area contributed by atoms with Crippen LogP contribution in [0.25, 0.3) is 0 Å². The Morgan fingerprint density at radius 2 is 0.418 bits per heavy atom. The average Bonchev–Trinajstić information content (AvgIpc) is 3.40. The Balaban J connectivity index is 0.000000922. The summed E-state index contributed by atoms with van der Waals surface area (Å²) in [5.74, 6) is 6.72. The third-order valence-electron chi connectivity index (χ3n) is 13.9. The second-order valence-corrected chi connectivity index (χ2v) is 24.7. The highest BCUT2D eigenvalue weighted by atomic mass is 14.6. The molecular weight excluding hydrogens is 955 g/mol. The minimum atomic E-state index is 0. The largest absolute Gasteiger partial charge is 0.327 e. The van der Waals surface area contributed by atoms with Gasteiger partial charge in [-0.1, -0.05) is 293 Å². The van der Waals surface area contributed by atoms with Crippen molar-refractivity contribution >= 4 is 0 Å². The Morgan fingerprint density at radius 1 is 0.253 bits per heavy atom. The first-order valence-electron chi connectivity index (χ1n) is 30.8. The summed E-state index contributed by atoms with van der Waals surface area (Å²) in [4.78, 5) is 0. The molecule has 6 atom stereocenters. The third kappa shape index (κ3) is 39.3. The second-order valence-electron chi connectivity index (χ2n) is 24.7. The van der Waals surface area contributed by atoms with Gasteiger partial charge in [-0.25, -0.2) is 0 Å². The topological polar surface area (TPSA) is 78.1 Å². The van der Waals surface area contributed by atoms with Gasteiger partial charge in [0.1, 0.15) is 0 Å². The Kier molecular flexibility index (Phi) is 43.1. The SMILES string of the molecule is C.CC(C)C[C@@H](N)Cc1ccccc1.CC(C)C[C@H](N)Cc1ccccc1.CC(C)C[C@H](N)Cc1ccccc1.CCC(CC(C)C)c1ccccc1.CC[C@@H](CC(C)C)c1ccccc1.CC[C@H](CC(C)C)c1ccccc1. The van der Waals surface area contributed by atoms with E-state index in [1.807, 2.05) is 18.2 Å². The molecule has 0 radical (unpaired) electrons. The predicted octanol–water partition coefficient (Wildman–Crippen LogP) is 21.1. The van der Waals surface area contributed by atoms with Crippen molar-refractivity contribution in [2.75, 3.05) is 0 Å². The van der Waals surface area contributed by atoms with Crippen LogP contribution in [-0.4, -0.2) is 18.1 Å². The van der Waals surface area contributed by atoms with E-state index in [0.717, 1.165) is 74.0 Å². The zero-order chi connectivity index (χ0) is 58.1. The predicted molar refractivity (Wildman–Crippen MR) is 356 cm³/mol. The number of benzene rings is 6. The number of hydrogen-bond donors (Lipinski definition) is 3. The lowest BCUT2D eigenvalue weighted by atomic mass is 9.88. The highest BCUT2D eigenvalue weighted by Crippen LogP contribution is 2.28. The number of nitrogens with two attached hydrogens (primary N) is 3. The molecule has 0 fully saturated rings. The molecule has 0 saturated heterocycles. The molecule has 6 aromatic rings. The van der Waals surface area contributed by atoms with E-state index in [1.54, 1.807) is 0 Å². The lowest BCUT2D eigenvalue weighted by molar-refractivity contribution is 0.489. The summed E-state index contributed by atoms with van der Waals surface area (Å²) in [7, 11) is 0. The van der Waals surface area contributed by atoms with Gasteiger partial charge < -0.3 is 17.2 Å². The van der Waals surface area contributed by atoms with Gasteiger partial charge in [0, 0.05) is 18.1 Å². The molecule has 0 heterocycles. The van der Waals surface area contributed by atoms with Crippen molar-refractivity contribution in [1.82, 2.24) is 0 Å². The van der Waals surface area contributed by atoms with Gasteiger partial charge >= 0.3 is 0 Å². The van der Waals surface area contributed by atoms with E-state index in [9.17, 15) is 0 Å². The highest BCUT2D eigenvalue weighted by molar-refractivity contribution is 5.22. The summed E-state index contributed by atoms with van der Waals surface area (Å²) in [5, 5.41) is 0. The fourth-order valence-corrected chi connectivity index (χ4v) is 10.3. The van der Waals surface area contributed by atoms with Crippen molar-refractivity contribution in [2.45, 2.75) is 224 Å². The standard InChI is InChI=1S/3C13H20.3C12H19N.CH4/c3*1-4-12(10-11(2)3)13-8-6-5-7-9-13;3*1-10(2)8-12(13)9-11-6-4-3-5-7-11;/h3*5-9,11-12H,4,10H2,1-3H3;3*3-7,10,12H,8-9,13H2,1-2H3;1H4/t2*12-;;3*12-;/m10.100./s1. The summed E-state index contributed by atoms with van der Waals surface area (Å²) in [6, 6.07) is 64.8. The van der Waals surface area contributed by atoms with Crippen LogP contribution in [0.1, 0.15) is 220 Å². The Bertz CT molecular complexity index is 1930. The van der Waals surface area contributed by atoms with Gasteiger partial charge in [0.25, 0.3) is 0 Å². The van der Waals surface area contributed by atoms with Crippen molar-refractivity contribution in [3.63, 3.8) is 0 Å². The average molecular weight is 1080 g/mol. The summed E-state index contributed by atoms with van der Waals surface area (Å²) < 4.78 is 0. The molecule has 0 aromatic heterocycles. The monoisotopic (exact) mass is 1080 g/mol. The first-order chi connectivity index (χ1) is 37.3. The molecule has 6 aromatic carbocycles. The lowest BCUT2D eigenvalue weighted by Gasteiger charge is -2.17. The van der Waals surface area contributed by atoms with Crippen LogP contribution in [0.3, 0.4) is 0 Å².